The number of aryl methyl sites for hydroxylation is 1. The third kappa shape index (κ3) is 5.43. The van der Waals surface area contributed by atoms with Gasteiger partial charge in [-0.2, -0.15) is 0 Å². The van der Waals surface area contributed by atoms with E-state index in [2.05, 4.69) is 15.5 Å². The number of nitrogens with one attached hydrogen (secondary N) is 1. The van der Waals surface area contributed by atoms with Crippen LogP contribution < -0.4 is 11.1 Å². The van der Waals surface area contributed by atoms with Crippen LogP contribution >= 0.6 is 23.4 Å². The van der Waals surface area contributed by atoms with Gasteiger partial charge in [0.25, 0.3) is 0 Å². The summed E-state index contributed by atoms with van der Waals surface area (Å²) in [7, 11) is 0. The van der Waals surface area contributed by atoms with Gasteiger partial charge in [-0.15, -0.1) is 10.2 Å². The van der Waals surface area contributed by atoms with Crippen molar-refractivity contribution >= 4 is 40.9 Å². The predicted molar refractivity (Wildman–Crippen MR) is 94.0 cm³/mol. The van der Waals surface area contributed by atoms with E-state index in [9.17, 15) is 14.0 Å². The van der Waals surface area contributed by atoms with Gasteiger partial charge >= 0.3 is 0 Å². The minimum absolute atomic E-state index is 0.0377. The number of rotatable bonds is 8. The van der Waals surface area contributed by atoms with Crippen LogP contribution in [0.15, 0.2) is 23.4 Å². The highest BCUT2D eigenvalue weighted by atomic mass is 35.5. The summed E-state index contributed by atoms with van der Waals surface area (Å²) in [5.74, 6) is -0.722. The van der Waals surface area contributed by atoms with E-state index in [0.717, 1.165) is 6.07 Å². The molecule has 0 aliphatic heterocycles. The summed E-state index contributed by atoms with van der Waals surface area (Å²) in [4.78, 5) is 22.9. The van der Waals surface area contributed by atoms with Gasteiger partial charge in [0.2, 0.25) is 11.8 Å². The summed E-state index contributed by atoms with van der Waals surface area (Å²) < 4.78 is 15.5. The zero-order valence-electron chi connectivity index (χ0n) is 13.5. The van der Waals surface area contributed by atoms with Gasteiger partial charge in [0, 0.05) is 24.4 Å². The molecule has 0 aliphatic rings. The highest BCUT2D eigenvalue weighted by Gasteiger charge is 2.14. The maximum absolute atomic E-state index is 13.7. The van der Waals surface area contributed by atoms with E-state index in [0.29, 0.717) is 23.9 Å². The topological polar surface area (TPSA) is 103 Å². The first-order valence-electron chi connectivity index (χ1n) is 7.48. The molecular weight excluding hydrogens is 369 g/mol. The first-order valence-corrected chi connectivity index (χ1v) is 8.85. The smallest absolute Gasteiger partial charge is 0.234 e. The first-order chi connectivity index (χ1) is 11.9. The maximum atomic E-state index is 13.7. The van der Waals surface area contributed by atoms with E-state index in [4.69, 9.17) is 17.3 Å². The second-order valence-corrected chi connectivity index (χ2v) is 6.45. The number of primary amides is 1. The van der Waals surface area contributed by atoms with Crippen molar-refractivity contribution in [2.45, 2.75) is 31.5 Å². The Morgan fingerprint density at radius 2 is 2.16 bits per heavy atom. The van der Waals surface area contributed by atoms with Crippen molar-refractivity contribution in [3.8, 4) is 0 Å². The lowest BCUT2D eigenvalue weighted by atomic mass is 10.3. The summed E-state index contributed by atoms with van der Waals surface area (Å²) in [5, 5.41) is 11.3. The van der Waals surface area contributed by atoms with Gasteiger partial charge in [-0.05, 0) is 25.1 Å². The van der Waals surface area contributed by atoms with Crippen LogP contribution in [-0.4, -0.2) is 32.3 Å². The molecule has 0 atom stereocenters. The van der Waals surface area contributed by atoms with Crippen LogP contribution in [0.4, 0.5) is 10.1 Å². The van der Waals surface area contributed by atoms with Crippen LogP contribution in [0.25, 0.3) is 0 Å². The Morgan fingerprint density at radius 1 is 1.40 bits per heavy atom. The average Bonchev–Trinajstić information content (AvgIpc) is 2.95. The summed E-state index contributed by atoms with van der Waals surface area (Å²) in [5.41, 5.74) is 5.20. The number of nitrogens with two attached hydrogens (primary N) is 1. The number of thioether (sulfide) groups is 1. The number of carbonyl (C=O) groups is 2. The summed E-state index contributed by atoms with van der Waals surface area (Å²) >= 11 is 6.85. The summed E-state index contributed by atoms with van der Waals surface area (Å²) in [6.07, 6.45) is 0.568. The number of carbonyl (C=O) groups excluding carboxylic acids is 2. The summed E-state index contributed by atoms with van der Waals surface area (Å²) in [6, 6.07) is 4.02. The maximum Gasteiger partial charge on any atom is 0.234 e. The minimum atomic E-state index is -0.601. The fourth-order valence-corrected chi connectivity index (χ4v) is 3.05. The molecule has 1 aromatic carbocycles. The number of halogens is 2. The molecule has 0 radical (unpaired) electrons. The molecule has 0 aliphatic carbocycles. The van der Waals surface area contributed by atoms with Crippen LogP contribution in [0.2, 0.25) is 5.02 Å². The monoisotopic (exact) mass is 385 g/mol. The predicted octanol–water partition coefficient (Wildman–Crippen LogP) is 2.24. The normalized spacial score (nSPS) is 10.7. The Morgan fingerprint density at radius 3 is 2.80 bits per heavy atom. The molecule has 0 bridgehead atoms. The molecule has 3 N–H and O–H groups in total. The largest absolute Gasteiger partial charge is 0.370 e. The van der Waals surface area contributed by atoms with Gasteiger partial charge < -0.3 is 15.6 Å². The van der Waals surface area contributed by atoms with Crippen molar-refractivity contribution in [2.75, 3.05) is 11.1 Å². The van der Waals surface area contributed by atoms with Gasteiger partial charge in [-0.25, -0.2) is 4.39 Å². The van der Waals surface area contributed by atoms with Crippen molar-refractivity contribution in [3.63, 3.8) is 0 Å². The number of nitrogens with zero attached hydrogens (tertiary/aromatic N) is 3. The second-order valence-electron chi connectivity index (χ2n) is 5.07. The third-order valence-corrected chi connectivity index (χ3v) is 4.44. The van der Waals surface area contributed by atoms with E-state index in [1.807, 2.05) is 11.5 Å². The molecule has 0 spiro atoms. The highest BCUT2D eigenvalue weighted by Crippen LogP contribution is 2.21. The Kier molecular flexibility index (Phi) is 6.77. The molecule has 2 rings (SSSR count). The summed E-state index contributed by atoms with van der Waals surface area (Å²) in [6.45, 7) is 2.50. The zero-order chi connectivity index (χ0) is 18.4. The van der Waals surface area contributed by atoms with Crippen molar-refractivity contribution in [1.82, 2.24) is 14.8 Å². The van der Waals surface area contributed by atoms with Gasteiger partial charge in [-0.3, -0.25) is 9.59 Å². The molecule has 1 heterocycles. The van der Waals surface area contributed by atoms with Crippen molar-refractivity contribution in [3.05, 3.63) is 34.9 Å². The average molecular weight is 386 g/mol. The molecule has 0 saturated carbocycles. The first kappa shape index (κ1) is 19.2. The molecule has 1 aromatic heterocycles. The van der Waals surface area contributed by atoms with Crippen LogP contribution in [0, 0.1) is 5.82 Å². The minimum Gasteiger partial charge on any atom is -0.370 e. The number of aromatic nitrogens is 3. The fourth-order valence-electron chi connectivity index (χ4n) is 2.07. The van der Waals surface area contributed by atoms with E-state index < -0.39 is 11.7 Å². The molecule has 10 heteroatoms. The standard InChI is InChI=1S/C15H17ClFN5O2S/c1-2-22-13(6-5-12(18)23)20-21-15(22)25-8-14(24)19-11-4-3-9(16)7-10(11)17/h3-4,7H,2,5-6,8H2,1H3,(H2,18,23)(H,19,24). The van der Waals surface area contributed by atoms with Crippen LogP contribution in [0.3, 0.4) is 0 Å². The van der Waals surface area contributed by atoms with Crippen LogP contribution in [0.1, 0.15) is 19.2 Å². The van der Waals surface area contributed by atoms with Crippen LogP contribution in [-0.2, 0) is 22.6 Å². The molecular formula is C15H17ClFN5O2S. The van der Waals surface area contributed by atoms with Gasteiger partial charge in [0.05, 0.1) is 11.4 Å². The van der Waals surface area contributed by atoms with E-state index in [1.54, 1.807) is 0 Å². The zero-order valence-corrected chi connectivity index (χ0v) is 15.0. The van der Waals surface area contributed by atoms with Gasteiger partial charge in [0.1, 0.15) is 11.6 Å². The highest BCUT2D eigenvalue weighted by molar-refractivity contribution is 7.99. The quantitative estimate of drug-likeness (QED) is 0.678. The lowest BCUT2D eigenvalue weighted by Gasteiger charge is -2.08. The molecule has 2 amide bonds. The fraction of sp³-hybridized carbons (Fsp3) is 0.333. The number of benzene rings is 1. The molecule has 0 unspecified atom stereocenters. The van der Waals surface area contributed by atoms with Crippen LogP contribution in [0.5, 0.6) is 0 Å². The lowest BCUT2D eigenvalue weighted by Crippen LogP contribution is -2.16. The lowest BCUT2D eigenvalue weighted by molar-refractivity contribution is -0.118. The number of hydrogen-bond donors (Lipinski definition) is 2. The molecule has 0 fully saturated rings. The Bertz CT molecular complexity index is 783. The number of anilines is 1. The molecule has 0 saturated heterocycles. The van der Waals surface area contributed by atoms with E-state index in [1.165, 1.54) is 23.9 Å². The second kappa shape index (κ2) is 8.82. The SMILES string of the molecule is CCn1c(CCC(N)=O)nnc1SCC(=O)Nc1ccc(Cl)cc1F. The van der Waals surface area contributed by atoms with Gasteiger partial charge in [0.15, 0.2) is 5.16 Å². The van der Waals surface area contributed by atoms with E-state index >= 15 is 0 Å². The Labute approximate surface area is 153 Å². The van der Waals surface area contributed by atoms with E-state index in [-0.39, 0.29) is 28.8 Å². The molecule has 134 valence electrons. The molecule has 7 nitrogen and oxygen atoms in total. The van der Waals surface area contributed by atoms with Gasteiger partial charge in [-0.1, -0.05) is 23.4 Å². The number of hydrogen-bond acceptors (Lipinski definition) is 5. The third-order valence-electron chi connectivity index (χ3n) is 3.24. The molecule has 25 heavy (non-hydrogen) atoms. The van der Waals surface area contributed by atoms with Crippen molar-refractivity contribution in [1.29, 1.82) is 0 Å². The Hall–Kier alpha value is -2.13. The molecule has 2 aromatic rings. The Balaban J connectivity index is 1.96. The van der Waals surface area contributed by atoms with Crippen molar-refractivity contribution in [2.24, 2.45) is 5.73 Å². The number of amides is 2. The van der Waals surface area contributed by atoms with Crippen molar-refractivity contribution < 1.29 is 14.0 Å².